The number of nitrogens with zero attached hydrogens (tertiary/aromatic N) is 3. The Labute approximate surface area is 227 Å². The minimum absolute atomic E-state index is 0.250. The molecule has 0 unspecified atom stereocenters. The number of para-hydroxylation sites is 1. The first-order chi connectivity index (χ1) is 18.0. The number of anilines is 1. The number of thiazole rings is 1. The third-order valence-electron chi connectivity index (χ3n) is 5.61. The van der Waals surface area contributed by atoms with Crippen LogP contribution in [0.15, 0.2) is 76.2 Å². The van der Waals surface area contributed by atoms with Gasteiger partial charge in [0.15, 0.2) is 11.5 Å². The quantitative estimate of drug-likeness (QED) is 0.182. The Morgan fingerprint density at radius 3 is 2.35 bits per heavy atom. The molecule has 0 spiro atoms. The number of rotatable bonds is 8. The van der Waals surface area contributed by atoms with Gasteiger partial charge in [0.05, 0.1) is 42.8 Å². The van der Waals surface area contributed by atoms with E-state index in [1.165, 1.54) is 16.3 Å². The third kappa shape index (κ3) is 5.16. The van der Waals surface area contributed by atoms with Crippen molar-refractivity contribution in [3.63, 3.8) is 0 Å². The summed E-state index contributed by atoms with van der Waals surface area (Å²) < 4.78 is 17.4. The number of thioether (sulfide) groups is 1. The van der Waals surface area contributed by atoms with E-state index in [2.05, 4.69) is 4.98 Å². The largest absolute Gasteiger partial charge is 0.493 e. The van der Waals surface area contributed by atoms with Gasteiger partial charge in [-0.2, -0.15) is 10.1 Å². The van der Waals surface area contributed by atoms with E-state index in [1.807, 2.05) is 48.5 Å². The third-order valence-corrected chi connectivity index (χ3v) is 7.89. The summed E-state index contributed by atoms with van der Waals surface area (Å²) in [6, 6.07) is 18.9. The van der Waals surface area contributed by atoms with Crippen LogP contribution in [0.2, 0.25) is 5.02 Å². The van der Waals surface area contributed by atoms with Crippen LogP contribution in [0, 0.1) is 0 Å². The van der Waals surface area contributed by atoms with Gasteiger partial charge >= 0.3 is 0 Å². The van der Waals surface area contributed by atoms with Crippen molar-refractivity contribution in [2.45, 2.75) is 4.90 Å². The minimum Gasteiger partial charge on any atom is -0.493 e. The molecule has 1 aromatic heterocycles. The van der Waals surface area contributed by atoms with Crippen molar-refractivity contribution in [3.05, 3.63) is 76.8 Å². The van der Waals surface area contributed by atoms with Gasteiger partial charge in [-0.1, -0.05) is 35.1 Å². The van der Waals surface area contributed by atoms with Gasteiger partial charge in [-0.15, -0.1) is 11.8 Å². The number of halogens is 1. The predicted octanol–water partition coefficient (Wildman–Crippen LogP) is 6.55. The number of carbonyl (C=O) groups excluding carboxylic acids is 1. The Balaban J connectivity index is 1.54. The molecule has 0 fully saturated rings. The van der Waals surface area contributed by atoms with E-state index >= 15 is 0 Å². The highest BCUT2D eigenvalue weighted by molar-refractivity contribution is 8.00. The highest BCUT2D eigenvalue weighted by atomic mass is 35.5. The second-order valence-electron chi connectivity index (χ2n) is 7.89. The van der Waals surface area contributed by atoms with Crippen LogP contribution in [0.4, 0.5) is 5.13 Å². The maximum Gasteiger partial charge on any atom is 0.282 e. The van der Waals surface area contributed by atoms with Crippen molar-refractivity contribution in [1.82, 2.24) is 4.98 Å². The van der Waals surface area contributed by atoms with Crippen LogP contribution in [0.3, 0.4) is 0 Å². The average Bonchev–Trinajstić information content (AvgIpc) is 3.48. The zero-order chi connectivity index (χ0) is 25.9. The topological polar surface area (TPSA) is 73.2 Å². The first-order valence-electron chi connectivity index (χ1n) is 11.2. The van der Waals surface area contributed by atoms with Crippen LogP contribution >= 0.6 is 34.7 Å². The maximum absolute atomic E-state index is 13.7. The second-order valence-corrected chi connectivity index (χ2v) is 10.4. The Morgan fingerprint density at radius 2 is 1.70 bits per heavy atom. The molecule has 0 radical (unpaired) electrons. The van der Waals surface area contributed by atoms with Crippen LogP contribution in [-0.4, -0.2) is 43.7 Å². The van der Waals surface area contributed by atoms with Gasteiger partial charge in [0.25, 0.3) is 5.91 Å². The summed E-state index contributed by atoms with van der Waals surface area (Å²) >= 11 is 9.03. The van der Waals surface area contributed by atoms with E-state index in [9.17, 15) is 4.79 Å². The molecule has 0 atom stereocenters. The summed E-state index contributed by atoms with van der Waals surface area (Å²) in [6.07, 6.45) is 1.79. The lowest BCUT2D eigenvalue weighted by Gasteiger charge is -2.13. The van der Waals surface area contributed by atoms with Crippen LogP contribution in [0.5, 0.6) is 17.2 Å². The molecule has 37 heavy (non-hydrogen) atoms. The van der Waals surface area contributed by atoms with Gasteiger partial charge in [-0.05, 0) is 60.2 Å². The molecule has 188 valence electrons. The minimum atomic E-state index is -0.250. The molecule has 0 N–H and O–H groups in total. The van der Waals surface area contributed by atoms with E-state index in [0.717, 1.165) is 15.1 Å². The summed E-state index contributed by atoms with van der Waals surface area (Å²) in [5.74, 6) is 1.70. The lowest BCUT2D eigenvalue weighted by molar-refractivity contribution is -0.114. The van der Waals surface area contributed by atoms with Gasteiger partial charge in [-0.3, -0.25) is 4.79 Å². The molecule has 0 saturated heterocycles. The van der Waals surface area contributed by atoms with Crippen molar-refractivity contribution in [3.8, 4) is 17.2 Å². The molecule has 10 heteroatoms. The van der Waals surface area contributed by atoms with Gasteiger partial charge in [0.1, 0.15) is 0 Å². The number of methoxy groups -OCH3 is 3. The molecule has 4 aromatic rings. The number of aromatic nitrogens is 1. The molecular formula is C27H22ClN3O4S2. The first kappa shape index (κ1) is 25.1. The number of fused-ring (bicyclic) bond motifs is 1. The summed E-state index contributed by atoms with van der Waals surface area (Å²) in [7, 11) is 4.66. The predicted molar refractivity (Wildman–Crippen MR) is 151 cm³/mol. The molecule has 1 amide bonds. The second kappa shape index (κ2) is 10.8. The molecule has 0 aliphatic carbocycles. The number of hydrogen-bond acceptors (Lipinski definition) is 8. The fraction of sp³-hybridized carbons (Fsp3) is 0.148. The van der Waals surface area contributed by atoms with E-state index in [0.29, 0.717) is 50.0 Å². The zero-order valence-corrected chi connectivity index (χ0v) is 22.6. The smallest absolute Gasteiger partial charge is 0.282 e. The Kier molecular flexibility index (Phi) is 7.36. The Hall–Kier alpha value is -3.53. The lowest BCUT2D eigenvalue weighted by atomic mass is 10.1. The number of hydrogen-bond donors (Lipinski definition) is 0. The standard InChI is InChI=1S/C27H22ClN3O4S2/c1-33-22-13-16(14-23(34-2)25(22)35-3)12-19-21(15-36-18-10-8-17(28)9-11-18)30-31(26(19)32)27-29-20-6-4-5-7-24(20)37-27/h4-14H,15H2,1-3H3. The molecule has 0 bridgehead atoms. The summed E-state index contributed by atoms with van der Waals surface area (Å²) in [4.78, 5) is 19.3. The maximum atomic E-state index is 13.7. The van der Waals surface area contributed by atoms with Crippen LogP contribution in [-0.2, 0) is 4.79 Å². The summed E-state index contributed by atoms with van der Waals surface area (Å²) in [5, 5.41) is 7.28. The van der Waals surface area contributed by atoms with E-state index in [-0.39, 0.29) is 5.91 Å². The number of benzene rings is 3. The number of hydrazone groups is 1. The van der Waals surface area contributed by atoms with Gasteiger partial charge in [0, 0.05) is 15.7 Å². The van der Waals surface area contributed by atoms with Gasteiger partial charge in [0.2, 0.25) is 10.9 Å². The average molecular weight is 552 g/mol. The van der Waals surface area contributed by atoms with Gasteiger partial charge in [-0.25, -0.2) is 4.98 Å². The van der Waals surface area contributed by atoms with Crippen LogP contribution < -0.4 is 19.2 Å². The molecule has 0 saturated carbocycles. The molecule has 3 aromatic carbocycles. The fourth-order valence-corrected chi connectivity index (χ4v) is 5.71. The highest BCUT2D eigenvalue weighted by Crippen LogP contribution is 2.40. The van der Waals surface area contributed by atoms with Crippen molar-refractivity contribution < 1.29 is 19.0 Å². The molecular weight excluding hydrogens is 530 g/mol. The molecule has 7 nitrogen and oxygen atoms in total. The van der Waals surface area contributed by atoms with E-state index in [1.54, 1.807) is 51.3 Å². The van der Waals surface area contributed by atoms with Crippen molar-refractivity contribution in [2.24, 2.45) is 5.10 Å². The number of ether oxygens (including phenoxy) is 3. The molecule has 2 heterocycles. The molecule has 5 rings (SSSR count). The van der Waals surface area contributed by atoms with E-state index in [4.69, 9.17) is 30.9 Å². The first-order valence-corrected chi connectivity index (χ1v) is 13.4. The van der Waals surface area contributed by atoms with E-state index < -0.39 is 0 Å². The van der Waals surface area contributed by atoms with Gasteiger partial charge < -0.3 is 14.2 Å². The molecule has 1 aliphatic rings. The van der Waals surface area contributed by atoms with Crippen molar-refractivity contribution in [1.29, 1.82) is 0 Å². The van der Waals surface area contributed by atoms with Crippen molar-refractivity contribution in [2.75, 3.05) is 32.1 Å². The number of carbonyl (C=O) groups is 1. The number of amides is 1. The molecule has 1 aliphatic heterocycles. The monoisotopic (exact) mass is 551 g/mol. The lowest BCUT2D eigenvalue weighted by Crippen LogP contribution is -2.21. The van der Waals surface area contributed by atoms with Crippen LogP contribution in [0.1, 0.15) is 5.56 Å². The highest BCUT2D eigenvalue weighted by Gasteiger charge is 2.33. The summed E-state index contributed by atoms with van der Waals surface area (Å²) in [5.41, 5.74) is 2.64. The fourth-order valence-electron chi connectivity index (χ4n) is 3.82. The zero-order valence-electron chi connectivity index (χ0n) is 20.2. The Morgan fingerprint density at radius 1 is 1.00 bits per heavy atom. The Bertz CT molecular complexity index is 1470. The van der Waals surface area contributed by atoms with Crippen molar-refractivity contribution >= 4 is 67.7 Å². The SMILES string of the molecule is COc1cc(C=C2C(=O)N(c3nc4ccccc4s3)N=C2CSc2ccc(Cl)cc2)cc(OC)c1OC. The summed E-state index contributed by atoms with van der Waals surface area (Å²) in [6.45, 7) is 0. The van der Waals surface area contributed by atoms with Crippen LogP contribution in [0.25, 0.3) is 16.3 Å². The normalized spacial score (nSPS) is 14.4.